The van der Waals surface area contributed by atoms with Crippen LogP contribution in [-0.4, -0.2) is 31.2 Å². The van der Waals surface area contributed by atoms with Crippen molar-refractivity contribution in [2.75, 3.05) is 23.9 Å². The first-order valence-electron chi connectivity index (χ1n) is 7.63. The van der Waals surface area contributed by atoms with E-state index in [0.29, 0.717) is 12.5 Å². The molecule has 4 heteroatoms. The molecule has 0 aliphatic carbocycles. The third-order valence-electron chi connectivity index (χ3n) is 3.99. The summed E-state index contributed by atoms with van der Waals surface area (Å²) in [6.45, 7) is 7.15. The smallest absolute Gasteiger partial charge is 0.227 e. The first-order valence-corrected chi connectivity index (χ1v) is 7.63. The minimum atomic E-state index is -0.144. The number of anilines is 2. The highest BCUT2D eigenvalue weighted by Crippen LogP contribution is 2.25. The number of nitrogens with zero attached hydrogens (tertiary/aromatic N) is 1. The molecule has 1 aliphatic rings. The number of hydrogen-bond donors (Lipinski definition) is 1. The summed E-state index contributed by atoms with van der Waals surface area (Å²) in [5, 5.41) is 3.49. The van der Waals surface area contributed by atoms with E-state index >= 15 is 0 Å². The second kappa shape index (κ2) is 6.48. The van der Waals surface area contributed by atoms with Crippen LogP contribution in [0.25, 0.3) is 0 Å². The van der Waals surface area contributed by atoms with Crippen molar-refractivity contribution in [2.24, 2.45) is 0 Å². The fourth-order valence-electron chi connectivity index (χ4n) is 2.84. The number of hydrogen-bond acceptors (Lipinski definition) is 3. The zero-order valence-electron chi connectivity index (χ0n) is 13.5. The fraction of sp³-hybridized carbons (Fsp3) is 0.588. The minimum absolute atomic E-state index is 0.144. The maximum absolute atomic E-state index is 11.8. The van der Waals surface area contributed by atoms with Gasteiger partial charge in [-0.15, -0.1) is 0 Å². The number of rotatable bonds is 6. The highest BCUT2D eigenvalue weighted by atomic mass is 16.5. The van der Waals surface area contributed by atoms with Gasteiger partial charge in [-0.1, -0.05) is 6.07 Å². The number of carbonyl (C=O) groups excluding carboxylic acids is 1. The fourth-order valence-corrected chi connectivity index (χ4v) is 2.84. The molecule has 1 aliphatic heterocycles. The standard InChI is InChI=1S/C17H26N2O2/c1-13(12-17(2,3)21-4)18-14-7-5-8-15(11-14)19-10-6-9-16(19)20/h5,7-8,11,13,18H,6,9-10,12H2,1-4H3. The van der Waals surface area contributed by atoms with Crippen molar-refractivity contribution in [1.29, 1.82) is 0 Å². The maximum Gasteiger partial charge on any atom is 0.227 e. The highest BCUT2D eigenvalue weighted by molar-refractivity contribution is 5.95. The molecule has 0 aromatic heterocycles. The molecule has 1 aromatic carbocycles. The first-order chi connectivity index (χ1) is 9.91. The van der Waals surface area contributed by atoms with Crippen molar-refractivity contribution in [3.63, 3.8) is 0 Å². The van der Waals surface area contributed by atoms with E-state index in [9.17, 15) is 4.79 Å². The van der Waals surface area contributed by atoms with Crippen LogP contribution in [0.15, 0.2) is 24.3 Å². The number of amides is 1. The van der Waals surface area contributed by atoms with Crippen LogP contribution < -0.4 is 10.2 Å². The SMILES string of the molecule is COC(C)(C)CC(C)Nc1cccc(N2CCCC2=O)c1. The van der Waals surface area contributed by atoms with E-state index in [1.165, 1.54) is 0 Å². The monoisotopic (exact) mass is 290 g/mol. The van der Waals surface area contributed by atoms with E-state index in [4.69, 9.17) is 4.74 Å². The Morgan fingerprint density at radius 1 is 1.43 bits per heavy atom. The van der Waals surface area contributed by atoms with Crippen LogP contribution in [0.1, 0.15) is 40.0 Å². The van der Waals surface area contributed by atoms with Gasteiger partial charge in [0.1, 0.15) is 0 Å². The predicted molar refractivity (Wildman–Crippen MR) is 86.8 cm³/mol. The molecule has 1 fully saturated rings. The average Bonchev–Trinajstić information content (AvgIpc) is 2.84. The van der Waals surface area contributed by atoms with Gasteiger partial charge in [0.25, 0.3) is 0 Å². The van der Waals surface area contributed by atoms with E-state index in [2.05, 4.69) is 32.2 Å². The zero-order valence-corrected chi connectivity index (χ0v) is 13.5. The first kappa shape index (κ1) is 15.8. The number of nitrogens with one attached hydrogen (secondary N) is 1. The summed E-state index contributed by atoms with van der Waals surface area (Å²) in [6, 6.07) is 8.39. The van der Waals surface area contributed by atoms with E-state index in [1.54, 1.807) is 7.11 Å². The van der Waals surface area contributed by atoms with Crippen molar-refractivity contribution in [3.05, 3.63) is 24.3 Å². The van der Waals surface area contributed by atoms with Crippen LogP contribution in [0.4, 0.5) is 11.4 Å². The number of methoxy groups -OCH3 is 1. The molecular weight excluding hydrogens is 264 g/mol. The van der Waals surface area contributed by atoms with Gasteiger partial charge in [-0.05, 0) is 51.8 Å². The Hall–Kier alpha value is -1.55. The van der Waals surface area contributed by atoms with Crippen molar-refractivity contribution < 1.29 is 9.53 Å². The van der Waals surface area contributed by atoms with Gasteiger partial charge in [-0.2, -0.15) is 0 Å². The summed E-state index contributed by atoms with van der Waals surface area (Å²) in [5.41, 5.74) is 1.89. The second-order valence-corrected chi connectivity index (χ2v) is 6.41. The van der Waals surface area contributed by atoms with Crippen LogP contribution in [0.2, 0.25) is 0 Å². The summed E-state index contributed by atoms with van der Waals surface area (Å²) >= 11 is 0. The van der Waals surface area contributed by atoms with Crippen LogP contribution >= 0.6 is 0 Å². The van der Waals surface area contributed by atoms with Crippen LogP contribution in [0.3, 0.4) is 0 Å². The quantitative estimate of drug-likeness (QED) is 0.872. The van der Waals surface area contributed by atoms with Gasteiger partial charge in [-0.25, -0.2) is 0 Å². The zero-order chi connectivity index (χ0) is 15.5. The summed E-state index contributed by atoms with van der Waals surface area (Å²) < 4.78 is 5.47. The Balaban J connectivity index is 2.02. The molecule has 116 valence electrons. The maximum atomic E-state index is 11.8. The van der Waals surface area contributed by atoms with Crippen molar-refractivity contribution in [2.45, 2.75) is 51.7 Å². The van der Waals surface area contributed by atoms with Gasteiger partial charge in [0.05, 0.1) is 5.60 Å². The molecule has 21 heavy (non-hydrogen) atoms. The molecule has 1 unspecified atom stereocenters. The van der Waals surface area contributed by atoms with Gasteiger partial charge < -0.3 is 15.0 Å². The molecule has 4 nitrogen and oxygen atoms in total. The number of benzene rings is 1. The lowest BCUT2D eigenvalue weighted by atomic mass is 9.99. The van der Waals surface area contributed by atoms with Crippen molar-refractivity contribution >= 4 is 17.3 Å². The van der Waals surface area contributed by atoms with Crippen LogP contribution in [-0.2, 0) is 9.53 Å². The average molecular weight is 290 g/mol. The van der Waals surface area contributed by atoms with Crippen molar-refractivity contribution in [1.82, 2.24) is 0 Å². The molecule has 0 spiro atoms. The predicted octanol–water partition coefficient (Wildman–Crippen LogP) is 3.43. The minimum Gasteiger partial charge on any atom is -0.382 e. The molecule has 1 heterocycles. The van der Waals surface area contributed by atoms with E-state index < -0.39 is 0 Å². The molecule has 1 N–H and O–H groups in total. The van der Waals surface area contributed by atoms with Gasteiger partial charge in [-0.3, -0.25) is 4.79 Å². The lowest BCUT2D eigenvalue weighted by molar-refractivity contribution is -0.117. The third kappa shape index (κ3) is 4.21. The molecule has 0 saturated carbocycles. The van der Waals surface area contributed by atoms with Gasteiger partial charge in [0.15, 0.2) is 0 Å². The Bertz CT molecular complexity index is 499. The van der Waals surface area contributed by atoms with Gasteiger partial charge >= 0.3 is 0 Å². The van der Waals surface area contributed by atoms with E-state index in [-0.39, 0.29) is 11.5 Å². The summed E-state index contributed by atoms with van der Waals surface area (Å²) in [6.07, 6.45) is 2.53. The molecule has 1 aromatic rings. The highest BCUT2D eigenvalue weighted by Gasteiger charge is 2.22. The number of carbonyl (C=O) groups is 1. The lowest BCUT2D eigenvalue weighted by Gasteiger charge is -2.28. The lowest BCUT2D eigenvalue weighted by Crippen LogP contribution is -2.31. The second-order valence-electron chi connectivity index (χ2n) is 6.41. The molecule has 0 radical (unpaired) electrons. The summed E-state index contributed by atoms with van der Waals surface area (Å²) in [4.78, 5) is 13.7. The molecule has 0 bridgehead atoms. The summed E-state index contributed by atoms with van der Waals surface area (Å²) in [5.74, 6) is 0.223. The third-order valence-corrected chi connectivity index (χ3v) is 3.99. The topological polar surface area (TPSA) is 41.6 Å². The Morgan fingerprint density at radius 2 is 2.19 bits per heavy atom. The van der Waals surface area contributed by atoms with E-state index in [0.717, 1.165) is 30.8 Å². The van der Waals surface area contributed by atoms with Crippen LogP contribution in [0, 0.1) is 0 Å². The van der Waals surface area contributed by atoms with E-state index in [1.807, 2.05) is 23.1 Å². The molecule has 1 amide bonds. The number of ether oxygens (including phenoxy) is 1. The Labute approximate surface area is 127 Å². The Kier molecular flexibility index (Phi) is 4.88. The molecule has 1 saturated heterocycles. The van der Waals surface area contributed by atoms with Gasteiger partial charge in [0.2, 0.25) is 5.91 Å². The molecular formula is C17H26N2O2. The normalized spacial score (nSPS) is 17.1. The van der Waals surface area contributed by atoms with Crippen LogP contribution in [0.5, 0.6) is 0 Å². The van der Waals surface area contributed by atoms with Crippen molar-refractivity contribution in [3.8, 4) is 0 Å². The molecule has 2 rings (SSSR count). The molecule has 1 atom stereocenters. The Morgan fingerprint density at radius 3 is 2.81 bits per heavy atom. The largest absolute Gasteiger partial charge is 0.382 e. The summed E-state index contributed by atoms with van der Waals surface area (Å²) in [7, 11) is 1.74. The van der Waals surface area contributed by atoms with Gasteiger partial charge in [0, 0.05) is 37.5 Å².